The fourth-order valence-electron chi connectivity index (χ4n) is 1.90. The monoisotopic (exact) mass is 253 g/mol. The highest BCUT2D eigenvalue weighted by Gasteiger charge is 2.26. The number of benzene rings is 1. The Bertz CT molecular complexity index is 477. The average molecular weight is 253 g/mol. The lowest BCUT2D eigenvalue weighted by Gasteiger charge is -2.25. The van der Waals surface area contributed by atoms with E-state index in [4.69, 9.17) is 14.6 Å². The molecule has 0 bridgehead atoms. The number of nitrogens with one attached hydrogen (secondary N) is 1. The molecule has 17 heavy (non-hydrogen) atoms. The quantitative estimate of drug-likeness (QED) is 0.730. The van der Waals surface area contributed by atoms with Crippen molar-refractivity contribution in [2.75, 3.05) is 13.2 Å². The van der Waals surface area contributed by atoms with E-state index in [-0.39, 0.29) is 0 Å². The first-order chi connectivity index (χ1) is 8.24. The third-order valence-corrected chi connectivity index (χ3v) is 3.76. The van der Waals surface area contributed by atoms with Crippen LogP contribution in [0.1, 0.15) is 5.56 Å². The van der Waals surface area contributed by atoms with Gasteiger partial charge in [0, 0.05) is 11.3 Å². The molecule has 0 saturated carbocycles. The SMILES string of the molecule is O=C(O)C1Cc2cc3c(cc2SN1)OCCO3. The van der Waals surface area contributed by atoms with Crippen molar-refractivity contribution in [3.8, 4) is 11.5 Å². The lowest BCUT2D eigenvalue weighted by molar-refractivity contribution is -0.138. The number of carboxylic acid groups (broad SMARTS) is 1. The molecule has 2 aliphatic heterocycles. The van der Waals surface area contributed by atoms with Crippen LogP contribution in [0, 0.1) is 0 Å². The Morgan fingerprint density at radius 3 is 2.76 bits per heavy atom. The van der Waals surface area contributed by atoms with Crippen molar-refractivity contribution in [1.82, 2.24) is 4.72 Å². The second kappa shape index (κ2) is 4.12. The molecule has 0 spiro atoms. The number of hydrogen-bond acceptors (Lipinski definition) is 5. The maximum atomic E-state index is 10.9. The van der Waals surface area contributed by atoms with Crippen LogP contribution in [0.25, 0.3) is 0 Å². The van der Waals surface area contributed by atoms with Gasteiger partial charge in [-0.25, -0.2) is 4.72 Å². The zero-order chi connectivity index (χ0) is 11.8. The van der Waals surface area contributed by atoms with Crippen molar-refractivity contribution in [3.63, 3.8) is 0 Å². The third kappa shape index (κ3) is 1.94. The van der Waals surface area contributed by atoms with E-state index in [1.54, 1.807) is 0 Å². The number of fused-ring (bicyclic) bond motifs is 2. The number of hydrogen-bond donors (Lipinski definition) is 2. The van der Waals surface area contributed by atoms with Crippen molar-refractivity contribution in [2.45, 2.75) is 17.4 Å². The molecule has 3 rings (SSSR count). The summed E-state index contributed by atoms with van der Waals surface area (Å²) in [6, 6.07) is 3.24. The summed E-state index contributed by atoms with van der Waals surface area (Å²) in [4.78, 5) is 11.9. The van der Waals surface area contributed by atoms with Crippen LogP contribution in [0.2, 0.25) is 0 Å². The Kier molecular flexibility index (Phi) is 2.60. The summed E-state index contributed by atoms with van der Waals surface area (Å²) < 4.78 is 13.9. The average Bonchev–Trinajstić information content (AvgIpc) is 2.35. The molecule has 0 amide bonds. The van der Waals surface area contributed by atoms with Crippen molar-refractivity contribution < 1.29 is 19.4 Å². The van der Waals surface area contributed by atoms with Crippen LogP contribution in [0.4, 0.5) is 0 Å². The van der Waals surface area contributed by atoms with Crippen molar-refractivity contribution in [2.24, 2.45) is 0 Å². The molecule has 0 fully saturated rings. The van der Waals surface area contributed by atoms with Crippen LogP contribution in [-0.2, 0) is 11.2 Å². The van der Waals surface area contributed by atoms with Crippen molar-refractivity contribution in [3.05, 3.63) is 17.7 Å². The maximum Gasteiger partial charge on any atom is 0.321 e. The van der Waals surface area contributed by atoms with Gasteiger partial charge in [0.1, 0.15) is 19.3 Å². The number of carboxylic acids is 1. The van der Waals surface area contributed by atoms with E-state index in [1.165, 1.54) is 11.9 Å². The van der Waals surface area contributed by atoms with Gasteiger partial charge < -0.3 is 14.6 Å². The summed E-state index contributed by atoms with van der Waals surface area (Å²) in [6.07, 6.45) is 0.467. The molecule has 1 atom stereocenters. The minimum Gasteiger partial charge on any atom is -0.486 e. The van der Waals surface area contributed by atoms with E-state index in [0.29, 0.717) is 25.4 Å². The number of carbonyl (C=O) groups is 1. The number of rotatable bonds is 1. The lowest BCUT2D eigenvalue weighted by Crippen LogP contribution is -2.37. The second-order valence-electron chi connectivity index (χ2n) is 3.92. The summed E-state index contributed by atoms with van der Waals surface area (Å²) in [5, 5.41) is 8.97. The first kappa shape index (κ1) is 10.7. The Hall–Kier alpha value is -1.40. The van der Waals surface area contributed by atoms with E-state index in [9.17, 15) is 4.79 Å². The summed E-state index contributed by atoms with van der Waals surface area (Å²) in [5.74, 6) is 0.609. The predicted molar refractivity (Wildman–Crippen MR) is 61.6 cm³/mol. The van der Waals surface area contributed by atoms with Crippen LogP contribution in [0.3, 0.4) is 0 Å². The zero-order valence-corrected chi connectivity index (χ0v) is 9.75. The summed E-state index contributed by atoms with van der Waals surface area (Å²) in [6.45, 7) is 1.10. The molecule has 1 aromatic carbocycles. The van der Waals surface area contributed by atoms with Crippen LogP contribution < -0.4 is 14.2 Å². The van der Waals surface area contributed by atoms with E-state index in [0.717, 1.165) is 16.2 Å². The third-order valence-electron chi connectivity index (χ3n) is 2.76. The van der Waals surface area contributed by atoms with Gasteiger partial charge in [0.05, 0.1) is 0 Å². The molecule has 1 aromatic rings. The highest BCUT2D eigenvalue weighted by molar-refractivity contribution is 7.97. The van der Waals surface area contributed by atoms with Crippen LogP contribution in [-0.4, -0.2) is 30.3 Å². The highest BCUT2D eigenvalue weighted by atomic mass is 32.2. The van der Waals surface area contributed by atoms with Crippen LogP contribution in [0.15, 0.2) is 17.0 Å². The predicted octanol–water partition coefficient (Wildman–Crippen LogP) is 1.06. The zero-order valence-electron chi connectivity index (χ0n) is 8.93. The Balaban J connectivity index is 1.94. The molecule has 0 aromatic heterocycles. The molecular formula is C11H11NO4S. The Labute approximate surface area is 102 Å². The normalized spacial score (nSPS) is 21.8. The van der Waals surface area contributed by atoms with Gasteiger partial charge in [-0.05, 0) is 29.6 Å². The first-order valence-electron chi connectivity index (χ1n) is 5.32. The number of aliphatic carboxylic acids is 1. The van der Waals surface area contributed by atoms with Gasteiger partial charge in [-0.3, -0.25) is 4.79 Å². The molecule has 0 saturated heterocycles. The molecule has 2 aliphatic rings. The van der Waals surface area contributed by atoms with E-state index < -0.39 is 12.0 Å². The minimum absolute atomic E-state index is 0.467. The topological polar surface area (TPSA) is 67.8 Å². The molecule has 1 unspecified atom stereocenters. The second-order valence-corrected chi connectivity index (χ2v) is 4.80. The molecule has 90 valence electrons. The van der Waals surface area contributed by atoms with Gasteiger partial charge in [-0.15, -0.1) is 0 Å². The molecule has 5 nitrogen and oxygen atoms in total. The van der Waals surface area contributed by atoms with Crippen LogP contribution >= 0.6 is 11.9 Å². The number of ether oxygens (including phenoxy) is 2. The lowest BCUT2D eigenvalue weighted by atomic mass is 10.1. The standard InChI is InChI=1S/C11H11NO4S/c13-11(14)7-3-6-4-8-9(16-2-1-15-8)5-10(6)17-12-7/h4-5,7,12H,1-3H2,(H,13,14). The fraction of sp³-hybridized carbons (Fsp3) is 0.364. The van der Waals surface area contributed by atoms with Gasteiger partial charge in [0.25, 0.3) is 0 Å². The van der Waals surface area contributed by atoms with Gasteiger partial charge in [0.15, 0.2) is 11.5 Å². The smallest absolute Gasteiger partial charge is 0.321 e. The molecule has 2 N–H and O–H groups in total. The molecule has 0 aliphatic carbocycles. The van der Waals surface area contributed by atoms with Crippen molar-refractivity contribution >= 4 is 17.9 Å². The Morgan fingerprint density at radius 1 is 1.35 bits per heavy atom. The molecule has 0 radical (unpaired) electrons. The molecule has 6 heteroatoms. The molecule has 2 heterocycles. The van der Waals surface area contributed by atoms with Gasteiger partial charge in [0.2, 0.25) is 0 Å². The van der Waals surface area contributed by atoms with E-state index in [1.807, 2.05) is 12.1 Å². The van der Waals surface area contributed by atoms with Crippen LogP contribution in [0.5, 0.6) is 11.5 Å². The van der Waals surface area contributed by atoms with Crippen molar-refractivity contribution in [1.29, 1.82) is 0 Å². The highest BCUT2D eigenvalue weighted by Crippen LogP contribution is 2.38. The maximum absolute atomic E-state index is 10.9. The summed E-state index contributed by atoms with van der Waals surface area (Å²) in [7, 11) is 0. The van der Waals surface area contributed by atoms with Gasteiger partial charge in [-0.2, -0.15) is 0 Å². The van der Waals surface area contributed by atoms with E-state index in [2.05, 4.69) is 4.72 Å². The largest absolute Gasteiger partial charge is 0.486 e. The summed E-state index contributed by atoms with van der Waals surface area (Å²) >= 11 is 1.33. The minimum atomic E-state index is -0.835. The fourth-order valence-corrected chi connectivity index (χ4v) is 2.79. The first-order valence-corrected chi connectivity index (χ1v) is 6.13. The molecular weight excluding hydrogens is 242 g/mol. The Morgan fingerprint density at radius 2 is 2.06 bits per heavy atom. The van der Waals surface area contributed by atoms with Gasteiger partial charge >= 0.3 is 5.97 Å². The van der Waals surface area contributed by atoms with E-state index >= 15 is 0 Å². The van der Waals surface area contributed by atoms with Gasteiger partial charge in [-0.1, -0.05) is 0 Å². The summed E-state index contributed by atoms with van der Waals surface area (Å²) in [5.41, 5.74) is 0.991.